The van der Waals surface area contributed by atoms with Crippen LogP contribution in [0.4, 0.5) is 4.79 Å². The number of carbonyl (C=O) groups excluding carboxylic acids is 2. The van der Waals surface area contributed by atoms with Gasteiger partial charge in [-0.15, -0.1) is 0 Å². The van der Waals surface area contributed by atoms with Gasteiger partial charge in [0.1, 0.15) is 24.0 Å². The number of hydrogen-bond donors (Lipinski definition) is 1. The van der Waals surface area contributed by atoms with Crippen LogP contribution in [0.5, 0.6) is 5.75 Å². The van der Waals surface area contributed by atoms with Crippen LogP contribution in [-0.4, -0.2) is 72.8 Å². The van der Waals surface area contributed by atoms with Crippen LogP contribution < -0.4 is 10.1 Å². The first-order valence-electron chi connectivity index (χ1n) is 11.9. The van der Waals surface area contributed by atoms with Crippen molar-refractivity contribution in [3.8, 4) is 22.9 Å². The first-order valence-corrected chi connectivity index (χ1v) is 11.9. The number of benzene rings is 2. The Labute approximate surface area is 207 Å². The molecule has 1 aliphatic rings. The second-order valence-electron chi connectivity index (χ2n) is 9.60. The summed E-state index contributed by atoms with van der Waals surface area (Å²) in [6.07, 6.45) is -0.584. The number of hydrogen-bond acceptors (Lipinski definition) is 6. The van der Waals surface area contributed by atoms with Crippen LogP contribution in [0.15, 0.2) is 48.5 Å². The number of alkyl carbamates (subject to hydrolysis) is 1. The molecule has 0 unspecified atom stereocenters. The smallest absolute Gasteiger partial charge is 0.408 e. The second-order valence-corrected chi connectivity index (χ2v) is 9.60. The Morgan fingerprint density at radius 1 is 1.00 bits per heavy atom. The third-order valence-corrected chi connectivity index (χ3v) is 5.67. The number of nitrogens with zero attached hydrogens (tertiary/aromatic N) is 3. The Morgan fingerprint density at radius 2 is 1.57 bits per heavy atom. The van der Waals surface area contributed by atoms with Gasteiger partial charge in [-0.3, -0.25) is 9.69 Å². The lowest BCUT2D eigenvalue weighted by Gasteiger charge is -2.36. The first-order chi connectivity index (χ1) is 16.6. The summed E-state index contributed by atoms with van der Waals surface area (Å²) < 4.78 is 11.1. The van der Waals surface area contributed by atoms with Gasteiger partial charge in [-0.2, -0.15) is 5.26 Å². The second kappa shape index (κ2) is 11.7. The van der Waals surface area contributed by atoms with Gasteiger partial charge in [0.15, 0.2) is 0 Å². The molecule has 2 aromatic carbocycles. The van der Waals surface area contributed by atoms with Gasteiger partial charge in [-0.05, 0) is 63.1 Å². The highest BCUT2D eigenvalue weighted by Gasteiger charge is 2.27. The molecule has 2 aromatic rings. The largest absolute Gasteiger partial charge is 0.492 e. The van der Waals surface area contributed by atoms with Gasteiger partial charge in [0.2, 0.25) is 5.91 Å². The molecule has 1 fully saturated rings. The predicted molar refractivity (Wildman–Crippen MR) is 134 cm³/mol. The molecule has 1 atom stereocenters. The molecule has 186 valence electrons. The summed E-state index contributed by atoms with van der Waals surface area (Å²) in [5.74, 6) is 0.701. The zero-order chi connectivity index (χ0) is 25.4. The number of piperazine rings is 1. The normalized spacial score (nSPS) is 15.1. The third-order valence-electron chi connectivity index (χ3n) is 5.67. The molecule has 8 nitrogen and oxygen atoms in total. The van der Waals surface area contributed by atoms with E-state index in [0.29, 0.717) is 25.3 Å². The van der Waals surface area contributed by atoms with Crippen molar-refractivity contribution >= 4 is 12.0 Å². The fourth-order valence-corrected chi connectivity index (χ4v) is 3.79. The minimum absolute atomic E-state index is 0.103. The molecule has 8 heteroatoms. The fraction of sp³-hybridized carbons (Fsp3) is 0.444. The lowest BCUT2D eigenvalue weighted by atomic mass is 10.0. The summed E-state index contributed by atoms with van der Waals surface area (Å²) in [6.45, 7) is 11.1. The summed E-state index contributed by atoms with van der Waals surface area (Å²) in [5.41, 5.74) is 2.16. The van der Waals surface area contributed by atoms with Crippen LogP contribution in [0.1, 0.15) is 33.3 Å². The van der Waals surface area contributed by atoms with Crippen molar-refractivity contribution in [2.45, 2.75) is 39.3 Å². The van der Waals surface area contributed by atoms with Gasteiger partial charge in [-0.1, -0.05) is 24.3 Å². The summed E-state index contributed by atoms with van der Waals surface area (Å²) in [7, 11) is 0. The molecule has 2 amide bonds. The highest BCUT2D eigenvalue weighted by molar-refractivity contribution is 5.85. The van der Waals surface area contributed by atoms with Gasteiger partial charge >= 0.3 is 6.09 Å². The molecule has 1 saturated heterocycles. The molecular formula is C27H34N4O4. The van der Waals surface area contributed by atoms with Crippen LogP contribution in [-0.2, 0) is 9.53 Å². The molecule has 0 spiro atoms. The number of carbonyl (C=O) groups is 2. The molecule has 35 heavy (non-hydrogen) atoms. The van der Waals surface area contributed by atoms with E-state index in [0.717, 1.165) is 36.5 Å². The van der Waals surface area contributed by atoms with E-state index in [-0.39, 0.29) is 5.91 Å². The summed E-state index contributed by atoms with van der Waals surface area (Å²) in [5, 5.41) is 11.5. The van der Waals surface area contributed by atoms with Gasteiger partial charge in [0.25, 0.3) is 0 Å². The molecule has 0 radical (unpaired) electrons. The van der Waals surface area contributed by atoms with E-state index >= 15 is 0 Å². The van der Waals surface area contributed by atoms with E-state index in [4.69, 9.17) is 14.7 Å². The van der Waals surface area contributed by atoms with Crippen molar-refractivity contribution < 1.29 is 19.1 Å². The Morgan fingerprint density at radius 3 is 2.11 bits per heavy atom. The van der Waals surface area contributed by atoms with Crippen molar-refractivity contribution in [2.24, 2.45) is 0 Å². The molecule has 0 aromatic heterocycles. The summed E-state index contributed by atoms with van der Waals surface area (Å²) in [6, 6.07) is 16.9. The minimum Gasteiger partial charge on any atom is -0.492 e. The Balaban J connectivity index is 1.38. The monoisotopic (exact) mass is 478 g/mol. The van der Waals surface area contributed by atoms with E-state index < -0.39 is 17.7 Å². The van der Waals surface area contributed by atoms with Crippen molar-refractivity contribution in [2.75, 3.05) is 39.3 Å². The zero-order valence-corrected chi connectivity index (χ0v) is 20.9. The lowest BCUT2D eigenvalue weighted by Crippen LogP contribution is -2.54. The SMILES string of the molecule is C[C@H](NC(=O)OC(C)(C)C)C(=O)N1CCN(CCOc2ccc(-c3ccc(C#N)cc3)cc2)CC1. The van der Waals surface area contributed by atoms with Crippen molar-refractivity contribution in [3.05, 3.63) is 54.1 Å². The quantitative estimate of drug-likeness (QED) is 0.653. The van der Waals surface area contributed by atoms with Crippen LogP contribution in [0, 0.1) is 11.3 Å². The number of rotatable bonds is 7. The van der Waals surface area contributed by atoms with Crippen LogP contribution in [0.3, 0.4) is 0 Å². The van der Waals surface area contributed by atoms with E-state index in [9.17, 15) is 9.59 Å². The molecule has 3 rings (SSSR count). The molecule has 1 N–H and O–H groups in total. The van der Waals surface area contributed by atoms with Crippen molar-refractivity contribution in [3.63, 3.8) is 0 Å². The summed E-state index contributed by atoms with van der Waals surface area (Å²) in [4.78, 5) is 28.6. The molecule has 0 saturated carbocycles. The fourth-order valence-electron chi connectivity index (χ4n) is 3.79. The minimum atomic E-state index is -0.632. The maximum absolute atomic E-state index is 12.7. The topological polar surface area (TPSA) is 94.9 Å². The number of nitriles is 1. The van der Waals surface area contributed by atoms with Gasteiger partial charge in [0.05, 0.1) is 11.6 Å². The van der Waals surface area contributed by atoms with Gasteiger partial charge in [0, 0.05) is 32.7 Å². The summed E-state index contributed by atoms with van der Waals surface area (Å²) >= 11 is 0. The average molecular weight is 479 g/mol. The van der Waals surface area contributed by atoms with Crippen molar-refractivity contribution in [1.29, 1.82) is 5.26 Å². The van der Waals surface area contributed by atoms with Crippen LogP contribution in [0.25, 0.3) is 11.1 Å². The number of ether oxygens (including phenoxy) is 2. The standard InChI is InChI=1S/C27H34N4O4/c1-20(29-26(33)35-27(2,3)4)25(32)31-15-13-30(14-16-31)17-18-34-24-11-9-23(10-12-24)22-7-5-21(19-28)6-8-22/h5-12,20H,13-18H2,1-4H3,(H,29,33)/t20-/m0/s1. The highest BCUT2D eigenvalue weighted by Crippen LogP contribution is 2.23. The third kappa shape index (κ3) is 8.01. The van der Waals surface area contributed by atoms with E-state index in [2.05, 4.69) is 16.3 Å². The molecule has 0 aliphatic carbocycles. The first kappa shape index (κ1) is 26.0. The van der Waals surface area contributed by atoms with Crippen LogP contribution in [0.2, 0.25) is 0 Å². The lowest BCUT2D eigenvalue weighted by molar-refractivity contribution is -0.134. The van der Waals surface area contributed by atoms with E-state index in [1.54, 1.807) is 32.6 Å². The zero-order valence-electron chi connectivity index (χ0n) is 20.9. The molecule has 1 heterocycles. The van der Waals surface area contributed by atoms with Crippen molar-refractivity contribution in [1.82, 2.24) is 15.1 Å². The molecule has 1 aliphatic heterocycles. The Bertz CT molecular complexity index is 1030. The van der Waals surface area contributed by atoms with Gasteiger partial charge < -0.3 is 19.7 Å². The van der Waals surface area contributed by atoms with E-state index in [1.165, 1.54) is 0 Å². The maximum atomic E-state index is 12.7. The molecular weight excluding hydrogens is 444 g/mol. The number of amides is 2. The maximum Gasteiger partial charge on any atom is 0.408 e. The molecule has 0 bridgehead atoms. The Kier molecular flexibility index (Phi) is 8.72. The van der Waals surface area contributed by atoms with E-state index in [1.807, 2.05) is 48.5 Å². The number of nitrogens with one attached hydrogen (secondary N) is 1. The predicted octanol–water partition coefficient (Wildman–Crippen LogP) is 3.66. The Hall–Kier alpha value is -3.57. The van der Waals surface area contributed by atoms with Gasteiger partial charge in [-0.25, -0.2) is 4.79 Å². The van der Waals surface area contributed by atoms with Crippen LogP contribution >= 0.6 is 0 Å². The average Bonchev–Trinajstić information content (AvgIpc) is 2.83. The highest BCUT2D eigenvalue weighted by atomic mass is 16.6.